The summed E-state index contributed by atoms with van der Waals surface area (Å²) in [6.45, 7) is 1.37. The topological polar surface area (TPSA) is 114 Å². The minimum Gasteiger partial charge on any atom is -0.494 e. The molecule has 4 rings (SSSR count). The van der Waals surface area contributed by atoms with E-state index in [4.69, 9.17) is 4.74 Å². The van der Waals surface area contributed by atoms with Crippen molar-refractivity contribution in [2.75, 3.05) is 51.6 Å². The summed E-state index contributed by atoms with van der Waals surface area (Å²) in [5.41, 5.74) is 3.17. The third kappa shape index (κ3) is 4.99. The molecule has 0 saturated carbocycles. The molecule has 2 aromatic heterocycles. The van der Waals surface area contributed by atoms with Crippen molar-refractivity contribution < 1.29 is 9.66 Å². The van der Waals surface area contributed by atoms with E-state index in [0.29, 0.717) is 29.4 Å². The standard InChI is InChI=1S/C24H28N8O3/c1-29(2)12-13-30(3)20-15-22(35-5)18(14-21(20)32(33)34)27-24-25-11-10-17(26-24)23-16-8-6-7-9-19(16)31(4)28-23/h6-11,14-15H,12-13H2,1-5H3,(H,25,26,27). The number of rotatable bonds is 9. The van der Waals surface area contributed by atoms with E-state index in [0.717, 1.165) is 23.1 Å². The van der Waals surface area contributed by atoms with Gasteiger partial charge in [-0.3, -0.25) is 14.8 Å². The third-order valence-electron chi connectivity index (χ3n) is 5.69. The Morgan fingerprint density at radius 3 is 2.63 bits per heavy atom. The van der Waals surface area contributed by atoms with Crippen molar-refractivity contribution in [2.24, 2.45) is 7.05 Å². The highest BCUT2D eigenvalue weighted by Crippen LogP contribution is 2.39. The number of methoxy groups -OCH3 is 1. The van der Waals surface area contributed by atoms with Crippen molar-refractivity contribution in [2.45, 2.75) is 0 Å². The number of nitrogens with zero attached hydrogens (tertiary/aromatic N) is 7. The number of likely N-dealkylation sites (N-methyl/N-ethyl adjacent to an activating group) is 2. The molecule has 2 aromatic carbocycles. The van der Waals surface area contributed by atoms with E-state index in [9.17, 15) is 10.1 Å². The number of anilines is 3. The van der Waals surface area contributed by atoms with Crippen molar-refractivity contribution in [1.29, 1.82) is 0 Å². The molecule has 11 nitrogen and oxygen atoms in total. The van der Waals surface area contributed by atoms with Gasteiger partial charge in [-0.2, -0.15) is 5.10 Å². The second-order valence-corrected chi connectivity index (χ2v) is 8.40. The van der Waals surface area contributed by atoms with Crippen molar-refractivity contribution >= 4 is 33.9 Å². The van der Waals surface area contributed by atoms with Crippen LogP contribution in [0.5, 0.6) is 5.75 Å². The molecule has 0 radical (unpaired) electrons. The summed E-state index contributed by atoms with van der Waals surface area (Å²) in [4.78, 5) is 24.3. The largest absolute Gasteiger partial charge is 0.494 e. The molecule has 1 N–H and O–H groups in total. The molecule has 0 unspecified atom stereocenters. The van der Waals surface area contributed by atoms with E-state index in [-0.39, 0.29) is 11.6 Å². The van der Waals surface area contributed by atoms with Crippen LogP contribution >= 0.6 is 0 Å². The first-order valence-electron chi connectivity index (χ1n) is 11.0. The Kier molecular flexibility index (Phi) is 6.78. The Bertz CT molecular complexity index is 1370. The van der Waals surface area contributed by atoms with E-state index >= 15 is 0 Å². The number of fused-ring (bicyclic) bond motifs is 1. The summed E-state index contributed by atoms with van der Waals surface area (Å²) < 4.78 is 7.35. The second-order valence-electron chi connectivity index (χ2n) is 8.40. The van der Waals surface area contributed by atoms with Gasteiger partial charge in [-0.05, 0) is 26.2 Å². The molecule has 0 saturated heterocycles. The third-order valence-corrected chi connectivity index (χ3v) is 5.69. The van der Waals surface area contributed by atoms with E-state index < -0.39 is 4.92 Å². The Labute approximate surface area is 203 Å². The minimum absolute atomic E-state index is 0.0403. The molecule has 0 amide bonds. The van der Waals surface area contributed by atoms with Crippen LogP contribution in [0.2, 0.25) is 0 Å². The molecular formula is C24H28N8O3. The fourth-order valence-electron chi connectivity index (χ4n) is 3.82. The molecule has 35 heavy (non-hydrogen) atoms. The fraction of sp³-hybridized carbons (Fsp3) is 0.292. The molecule has 182 valence electrons. The van der Waals surface area contributed by atoms with Crippen LogP contribution < -0.4 is 15.0 Å². The quantitative estimate of drug-likeness (QED) is 0.285. The van der Waals surface area contributed by atoms with Crippen LogP contribution in [0.1, 0.15) is 0 Å². The van der Waals surface area contributed by atoms with Crippen molar-refractivity contribution in [3.05, 3.63) is 58.8 Å². The average molecular weight is 477 g/mol. The van der Waals surface area contributed by atoms with Gasteiger partial charge in [0.15, 0.2) is 0 Å². The first-order valence-corrected chi connectivity index (χ1v) is 11.0. The van der Waals surface area contributed by atoms with Crippen LogP contribution in [0.4, 0.5) is 23.0 Å². The Morgan fingerprint density at radius 1 is 1.14 bits per heavy atom. The van der Waals surface area contributed by atoms with Crippen LogP contribution in [0.25, 0.3) is 22.3 Å². The number of hydrogen-bond donors (Lipinski definition) is 1. The predicted molar refractivity (Wildman–Crippen MR) is 136 cm³/mol. The van der Waals surface area contributed by atoms with Gasteiger partial charge in [0.2, 0.25) is 5.95 Å². The number of aryl methyl sites for hydroxylation is 1. The molecule has 0 aliphatic rings. The molecule has 0 atom stereocenters. The molecule has 2 heterocycles. The van der Waals surface area contributed by atoms with Crippen LogP contribution in [0, 0.1) is 10.1 Å². The summed E-state index contributed by atoms with van der Waals surface area (Å²) in [5, 5.41) is 20.6. The summed E-state index contributed by atoms with van der Waals surface area (Å²) in [7, 11) is 9.14. The summed E-state index contributed by atoms with van der Waals surface area (Å²) in [6.07, 6.45) is 1.62. The zero-order chi connectivity index (χ0) is 25.1. The highest BCUT2D eigenvalue weighted by atomic mass is 16.6. The Morgan fingerprint density at radius 2 is 1.91 bits per heavy atom. The normalized spacial score (nSPS) is 11.1. The maximum Gasteiger partial charge on any atom is 0.294 e. The van der Waals surface area contributed by atoms with Gasteiger partial charge in [-0.25, -0.2) is 9.97 Å². The second kappa shape index (κ2) is 9.94. The van der Waals surface area contributed by atoms with E-state index in [1.807, 2.05) is 62.3 Å². The number of hydrogen-bond acceptors (Lipinski definition) is 9. The predicted octanol–water partition coefficient (Wildman–Crippen LogP) is 3.69. The highest BCUT2D eigenvalue weighted by molar-refractivity contribution is 5.92. The molecular weight excluding hydrogens is 448 g/mol. The van der Waals surface area contributed by atoms with E-state index in [1.165, 1.54) is 13.2 Å². The van der Waals surface area contributed by atoms with Crippen molar-refractivity contribution in [3.63, 3.8) is 0 Å². The number of nitro groups is 1. The number of benzene rings is 2. The molecule has 0 aliphatic carbocycles. The molecule has 0 bridgehead atoms. The molecule has 11 heteroatoms. The number of nitro benzene ring substituents is 1. The van der Waals surface area contributed by atoms with Gasteiger partial charge in [0.1, 0.15) is 17.1 Å². The molecule has 0 fully saturated rings. The zero-order valence-corrected chi connectivity index (χ0v) is 20.4. The first kappa shape index (κ1) is 23.9. The summed E-state index contributed by atoms with van der Waals surface area (Å²) >= 11 is 0. The lowest BCUT2D eigenvalue weighted by Gasteiger charge is -2.22. The fourth-order valence-corrected chi connectivity index (χ4v) is 3.82. The first-order chi connectivity index (χ1) is 16.8. The van der Waals surface area contributed by atoms with Gasteiger partial charge in [0, 0.05) is 50.9 Å². The van der Waals surface area contributed by atoms with Gasteiger partial charge < -0.3 is 19.9 Å². The Hall–Kier alpha value is -4.25. The average Bonchev–Trinajstić information content (AvgIpc) is 3.19. The monoisotopic (exact) mass is 476 g/mol. The lowest BCUT2D eigenvalue weighted by Crippen LogP contribution is -2.28. The van der Waals surface area contributed by atoms with Gasteiger partial charge in [-0.1, -0.05) is 18.2 Å². The van der Waals surface area contributed by atoms with Crippen molar-refractivity contribution in [3.8, 4) is 17.1 Å². The van der Waals surface area contributed by atoms with Crippen molar-refractivity contribution in [1.82, 2.24) is 24.6 Å². The minimum atomic E-state index is -0.399. The lowest BCUT2D eigenvalue weighted by atomic mass is 10.1. The maximum atomic E-state index is 11.9. The number of para-hydroxylation sites is 1. The van der Waals surface area contributed by atoms with Crippen LogP contribution in [0.3, 0.4) is 0 Å². The molecule has 4 aromatic rings. The summed E-state index contributed by atoms with van der Waals surface area (Å²) in [5.74, 6) is 0.720. The SMILES string of the molecule is COc1cc(N(C)CCN(C)C)c([N+](=O)[O-])cc1Nc1nccc(-c2nn(C)c3ccccc23)n1. The lowest BCUT2D eigenvalue weighted by molar-refractivity contribution is -0.384. The highest BCUT2D eigenvalue weighted by Gasteiger charge is 2.22. The van der Waals surface area contributed by atoms with Gasteiger partial charge >= 0.3 is 0 Å². The molecule has 0 aliphatic heterocycles. The Balaban J connectivity index is 1.70. The smallest absolute Gasteiger partial charge is 0.294 e. The van der Waals surface area contributed by atoms with Crippen LogP contribution in [-0.2, 0) is 7.05 Å². The molecule has 0 spiro atoms. The maximum absolute atomic E-state index is 11.9. The number of ether oxygens (including phenoxy) is 1. The zero-order valence-electron chi connectivity index (χ0n) is 20.4. The number of aromatic nitrogens is 4. The van der Waals surface area contributed by atoms with Gasteiger partial charge in [0.25, 0.3) is 5.69 Å². The summed E-state index contributed by atoms with van der Waals surface area (Å²) in [6, 6.07) is 12.8. The van der Waals surface area contributed by atoms with Gasteiger partial charge in [-0.15, -0.1) is 0 Å². The van der Waals surface area contributed by atoms with E-state index in [2.05, 4.69) is 20.4 Å². The van der Waals surface area contributed by atoms with Crippen LogP contribution in [-0.4, -0.2) is 70.9 Å². The number of nitrogens with one attached hydrogen (secondary N) is 1. The van der Waals surface area contributed by atoms with Crippen LogP contribution in [0.15, 0.2) is 48.7 Å². The van der Waals surface area contributed by atoms with Gasteiger partial charge in [0.05, 0.1) is 28.9 Å². The van der Waals surface area contributed by atoms with E-state index in [1.54, 1.807) is 23.0 Å².